The molecule has 0 spiro atoms. The van der Waals surface area contributed by atoms with Crippen LogP contribution in [0.4, 0.5) is 0 Å². The molecule has 1 aromatic rings. The summed E-state index contributed by atoms with van der Waals surface area (Å²) in [6.45, 7) is 8.61. The van der Waals surface area contributed by atoms with E-state index < -0.39 is 0 Å². The fourth-order valence-corrected chi connectivity index (χ4v) is 2.43. The second kappa shape index (κ2) is 8.40. The summed E-state index contributed by atoms with van der Waals surface area (Å²) in [5.41, 5.74) is 2.64. The van der Waals surface area contributed by atoms with Crippen LogP contribution in [0.15, 0.2) is 24.3 Å². The smallest absolute Gasteiger partial charge is 0.0720 e. The number of ether oxygens (including phenoxy) is 2. The largest absolute Gasteiger partial charge is 0.381 e. The van der Waals surface area contributed by atoms with Crippen molar-refractivity contribution in [2.45, 2.75) is 45.9 Å². The van der Waals surface area contributed by atoms with Gasteiger partial charge < -0.3 is 14.8 Å². The number of nitrogens with one attached hydrogen (secondary N) is 1. The average Bonchev–Trinajstić information content (AvgIpc) is 2.47. The van der Waals surface area contributed by atoms with Crippen LogP contribution in [-0.4, -0.2) is 25.9 Å². The van der Waals surface area contributed by atoms with Crippen LogP contribution < -0.4 is 5.32 Å². The first-order valence-corrected chi connectivity index (χ1v) is 7.71. The van der Waals surface area contributed by atoms with Crippen LogP contribution in [0.3, 0.4) is 0 Å². The van der Waals surface area contributed by atoms with Crippen molar-refractivity contribution in [3.63, 3.8) is 0 Å². The lowest BCUT2D eigenvalue weighted by atomic mass is 10.0. The minimum absolute atomic E-state index is 0.506. The molecule has 1 heterocycles. The molecular weight excluding hydrogens is 250 g/mol. The number of hydrogen-bond acceptors (Lipinski definition) is 3. The molecule has 2 rings (SSSR count). The first-order chi connectivity index (χ1) is 9.75. The van der Waals surface area contributed by atoms with Crippen molar-refractivity contribution < 1.29 is 9.47 Å². The maximum absolute atomic E-state index is 5.92. The van der Waals surface area contributed by atoms with E-state index >= 15 is 0 Å². The molecule has 0 atom stereocenters. The summed E-state index contributed by atoms with van der Waals surface area (Å²) in [5.74, 6) is 0.671. The first kappa shape index (κ1) is 15.5. The first-order valence-electron chi connectivity index (χ1n) is 7.71. The van der Waals surface area contributed by atoms with Crippen molar-refractivity contribution in [3.8, 4) is 0 Å². The van der Waals surface area contributed by atoms with E-state index in [1.165, 1.54) is 11.1 Å². The molecule has 20 heavy (non-hydrogen) atoms. The number of rotatable bonds is 7. The fraction of sp³-hybridized carbons (Fsp3) is 0.647. The van der Waals surface area contributed by atoms with Crippen molar-refractivity contribution in [3.05, 3.63) is 35.4 Å². The predicted molar refractivity (Wildman–Crippen MR) is 81.6 cm³/mol. The normalized spacial score (nSPS) is 16.8. The fourth-order valence-electron chi connectivity index (χ4n) is 2.43. The maximum atomic E-state index is 5.92. The molecule has 0 unspecified atom stereocenters. The summed E-state index contributed by atoms with van der Waals surface area (Å²) in [7, 11) is 0. The van der Waals surface area contributed by atoms with E-state index in [2.05, 4.69) is 43.4 Å². The molecule has 1 N–H and O–H groups in total. The third-order valence-electron chi connectivity index (χ3n) is 3.77. The van der Waals surface area contributed by atoms with Gasteiger partial charge in [0.25, 0.3) is 0 Å². The lowest BCUT2D eigenvalue weighted by Crippen LogP contribution is -2.23. The maximum Gasteiger partial charge on any atom is 0.0720 e. The Kier molecular flexibility index (Phi) is 6.51. The van der Waals surface area contributed by atoms with E-state index in [4.69, 9.17) is 9.47 Å². The Bertz CT molecular complexity index is 386. The Balaban J connectivity index is 1.79. The van der Waals surface area contributed by atoms with Gasteiger partial charge in [-0.1, -0.05) is 38.1 Å². The van der Waals surface area contributed by atoms with Crippen LogP contribution >= 0.6 is 0 Å². The van der Waals surface area contributed by atoms with Gasteiger partial charge in [0.1, 0.15) is 0 Å². The van der Waals surface area contributed by atoms with Gasteiger partial charge in [-0.15, -0.1) is 0 Å². The van der Waals surface area contributed by atoms with Gasteiger partial charge in [-0.05, 0) is 29.9 Å². The molecule has 1 aromatic carbocycles. The topological polar surface area (TPSA) is 30.5 Å². The molecule has 0 saturated carbocycles. The van der Waals surface area contributed by atoms with Gasteiger partial charge >= 0.3 is 0 Å². The lowest BCUT2D eigenvalue weighted by molar-refractivity contribution is 0.0156. The van der Waals surface area contributed by atoms with Crippen molar-refractivity contribution in [2.24, 2.45) is 5.92 Å². The second-order valence-corrected chi connectivity index (χ2v) is 5.88. The molecule has 1 fully saturated rings. The Hall–Kier alpha value is -0.900. The number of benzene rings is 1. The number of hydrogen-bond donors (Lipinski definition) is 1. The minimum atomic E-state index is 0.506. The molecule has 0 aliphatic carbocycles. The highest BCUT2D eigenvalue weighted by molar-refractivity contribution is 5.26. The van der Waals surface area contributed by atoms with Gasteiger partial charge in [-0.2, -0.15) is 0 Å². The van der Waals surface area contributed by atoms with Crippen molar-refractivity contribution in [2.75, 3.05) is 19.8 Å². The standard InChI is InChI=1S/C17H27NO2/c1-14(2)18-11-16-5-3-4-6-17(16)13-20-12-15-7-9-19-10-8-15/h3-6,14-15,18H,7-13H2,1-2H3. The van der Waals surface area contributed by atoms with Gasteiger partial charge in [-0.3, -0.25) is 0 Å². The predicted octanol–water partition coefficient (Wildman–Crippen LogP) is 3.13. The lowest BCUT2D eigenvalue weighted by Gasteiger charge is -2.22. The van der Waals surface area contributed by atoms with E-state index in [-0.39, 0.29) is 0 Å². The molecule has 112 valence electrons. The summed E-state index contributed by atoms with van der Waals surface area (Å²) < 4.78 is 11.3. The van der Waals surface area contributed by atoms with Crippen molar-refractivity contribution in [1.29, 1.82) is 0 Å². The summed E-state index contributed by atoms with van der Waals surface area (Å²) in [6.07, 6.45) is 2.27. The van der Waals surface area contributed by atoms with E-state index in [1.807, 2.05) is 0 Å². The van der Waals surface area contributed by atoms with Gasteiger partial charge in [0, 0.05) is 25.8 Å². The molecule has 0 bridgehead atoms. The molecule has 1 saturated heterocycles. The third kappa shape index (κ3) is 5.23. The highest BCUT2D eigenvalue weighted by Crippen LogP contribution is 2.16. The molecule has 3 nitrogen and oxygen atoms in total. The second-order valence-electron chi connectivity index (χ2n) is 5.88. The molecule has 3 heteroatoms. The Labute approximate surface area is 122 Å². The SMILES string of the molecule is CC(C)NCc1ccccc1COCC1CCOCC1. The third-order valence-corrected chi connectivity index (χ3v) is 3.77. The summed E-state index contributed by atoms with van der Waals surface area (Å²) >= 11 is 0. The Morgan fingerprint density at radius 2 is 1.90 bits per heavy atom. The van der Waals surface area contributed by atoms with Crippen LogP contribution in [0.2, 0.25) is 0 Å². The van der Waals surface area contributed by atoms with Gasteiger partial charge in [0.2, 0.25) is 0 Å². The molecule has 1 aliphatic rings. The molecule has 1 aliphatic heterocycles. The van der Waals surface area contributed by atoms with Gasteiger partial charge in [0.05, 0.1) is 13.2 Å². The average molecular weight is 277 g/mol. The summed E-state index contributed by atoms with van der Waals surface area (Å²) in [4.78, 5) is 0. The molecular formula is C17H27NO2. The Morgan fingerprint density at radius 1 is 1.20 bits per heavy atom. The summed E-state index contributed by atoms with van der Waals surface area (Å²) in [6, 6.07) is 9.04. The van der Waals surface area contributed by atoms with Crippen molar-refractivity contribution >= 4 is 0 Å². The van der Waals surface area contributed by atoms with E-state index in [0.717, 1.165) is 39.2 Å². The Morgan fingerprint density at radius 3 is 2.60 bits per heavy atom. The quantitative estimate of drug-likeness (QED) is 0.830. The highest BCUT2D eigenvalue weighted by atomic mass is 16.5. The molecule has 0 aromatic heterocycles. The van der Waals surface area contributed by atoms with Crippen LogP contribution in [0.25, 0.3) is 0 Å². The van der Waals surface area contributed by atoms with Crippen LogP contribution in [0, 0.1) is 5.92 Å². The van der Waals surface area contributed by atoms with Gasteiger partial charge in [0.15, 0.2) is 0 Å². The van der Waals surface area contributed by atoms with Crippen molar-refractivity contribution in [1.82, 2.24) is 5.32 Å². The monoisotopic (exact) mass is 277 g/mol. The summed E-state index contributed by atoms with van der Waals surface area (Å²) in [5, 5.41) is 3.47. The van der Waals surface area contributed by atoms with Crippen LogP contribution in [-0.2, 0) is 22.6 Å². The zero-order valence-electron chi connectivity index (χ0n) is 12.7. The minimum Gasteiger partial charge on any atom is -0.381 e. The molecule has 0 amide bonds. The van der Waals surface area contributed by atoms with E-state index in [1.54, 1.807) is 0 Å². The van der Waals surface area contributed by atoms with E-state index in [9.17, 15) is 0 Å². The van der Waals surface area contributed by atoms with Gasteiger partial charge in [-0.25, -0.2) is 0 Å². The zero-order chi connectivity index (χ0) is 14.2. The highest BCUT2D eigenvalue weighted by Gasteiger charge is 2.14. The van der Waals surface area contributed by atoms with E-state index in [0.29, 0.717) is 18.6 Å². The van der Waals surface area contributed by atoms with Crippen LogP contribution in [0.1, 0.15) is 37.8 Å². The molecule has 0 radical (unpaired) electrons. The zero-order valence-corrected chi connectivity index (χ0v) is 12.7. The van der Waals surface area contributed by atoms with Crippen LogP contribution in [0.5, 0.6) is 0 Å².